The van der Waals surface area contributed by atoms with Crippen LogP contribution in [0.2, 0.25) is 5.15 Å². The van der Waals surface area contributed by atoms with E-state index in [1.54, 1.807) is 24.4 Å². The first-order valence-electron chi connectivity index (χ1n) is 5.06. The first-order chi connectivity index (χ1) is 8.65. The Balaban J connectivity index is 2.57. The van der Waals surface area contributed by atoms with Gasteiger partial charge in [-0.25, -0.2) is 14.5 Å². The summed E-state index contributed by atoms with van der Waals surface area (Å²) in [5, 5.41) is 13.2. The van der Waals surface area contributed by atoms with Gasteiger partial charge in [0, 0.05) is 13.3 Å². The van der Waals surface area contributed by atoms with Gasteiger partial charge < -0.3 is 9.84 Å². The number of nitrogens with zero attached hydrogens (tertiary/aromatic N) is 3. The number of hydrogen-bond acceptors (Lipinski definition) is 4. The topological polar surface area (TPSA) is 77.2 Å². The van der Waals surface area contributed by atoms with E-state index in [1.807, 2.05) is 0 Å². The minimum absolute atomic E-state index is 0.00764. The molecule has 0 unspecified atom stereocenters. The molecule has 0 radical (unpaired) electrons. The van der Waals surface area contributed by atoms with Crippen molar-refractivity contribution in [1.82, 2.24) is 14.8 Å². The minimum Gasteiger partial charge on any atom is -0.478 e. The fraction of sp³-hybridized carbons (Fsp3) is 0.182. The molecule has 2 heterocycles. The molecule has 0 bridgehead atoms. The molecule has 0 atom stereocenters. The number of aromatic nitrogens is 3. The van der Waals surface area contributed by atoms with E-state index in [0.29, 0.717) is 5.82 Å². The van der Waals surface area contributed by atoms with Crippen LogP contribution in [0.3, 0.4) is 0 Å². The van der Waals surface area contributed by atoms with Gasteiger partial charge in [0.2, 0.25) is 0 Å². The molecular weight excluding hydrogens is 258 g/mol. The van der Waals surface area contributed by atoms with Crippen LogP contribution < -0.4 is 0 Å². The van der Waals surface area contributed by atoms with E-state index in [2.05, 4.69) is 10.1 Å². The van der Waals surface area contributed by atoms with Gasteiger partial charge in [-0.2, -0.15) is 5.10 Å². The number of carboxylic acid groups (broad SMARTS) is 1. The largest absolute Gasteiger partial charge is 0.478 e. The number of carbonyl (C=O) groups is 1. The Morgan fingerprint density at radius 3 is 2.89 bits per heavy atom. The third-order valence-corrected chi connectivity index (χ3v) is 2.61. The van der Waals surface area contributed by atoms with Crippen LogP contribution in [0.25, 0.3) is 5.82 Å². The maximum atomic E-state index is 11.1. The summed E-state index contributed by atoms with van der Waals surface area (Å²) in [6, 6.07) is 5.19. The van der Waals surface area contributed by atoms with Crippen molar-refractivity contribution in [2.45, 2.75) is 6.61 Å². The van der Waals surface area contributed by atoms with Crippen LogP contribution in [0, 0.1) is 0 Å². The summed E-state index contributed by atoms with van der Waals surface area (Å²) < 4.78 is 6.18. The van der Waals surface area contributed by atoms with Crippen molar-refractivity contribution in [3.05, 3.63) is 40.8 Å². The standard InChI is InChI=1S/C11H10ClN3O3/c1-18-6-7-9(11(16)17)10(12)15(14-7)8-4-2-3-5-13-8/h2-5H,6H2,1H3,(H,16,17). The van der Waals surface area contributed by atoms with Crippen LogP contribution >= 0.6 is 11.6 Å². The van der Waals surface area contributed by atoms with E-state index in [1.165, 1.54) is 11.8 Å². The van der Waals surface area contributed by atoms with E-state index in [4.69, 9.17) is 21.4 Å². The highest BCUT2D eigenvalue weighted by Gasteiger charge is 2.23. The molecule has 6 nitrogen and oxygen atoms in total. The number of pyridine rings is 1. The zero-order valence-electron chi connectivity index (χ0n) is 9.50. The first kappa shape index (κ1) is 12.5. The molecule has 7 heteroatoms. The van der Waals surface area contributed by atoms with Gasteiger partial charge in [0.25, 0.3) is 0 Å². The van der Waals surface area contributed by atoms with Gasteiger partial charge in [-0.1, -0.05) is 17.7 Å². The lowest BCUT2D eigenvalue weighted by Gasteiger charge is -2.00. The molecule has 0 amide bonds. The molecule has 0 saturated heterocycles. The highest BCUT2D eigenvalue weighted by atomic mass is 35.5. The molecule has 0 aliphatic heterocycles. The van der Waals surface area contributed by atoms with Crippen LogP contribution in [-0.4, -0.2) is 33.0 Å². The van der Waals surface area contributed by atoms with Gasteiger partial charge in [0.15, 0.2) is 5.82 Å². The number of aromatic carboxylic acids is 1. The summed E-state index contributed by atoms with van der Waals surface area (Å²) in [7, 11) is 1.46. The summed E-state index contributed by atoms with van der Waals surface area (Å²) in [4.78, 5) is 15.2. The number of hydrogen-bond donors (Lipinski definition) is 1. The molecular formula is C11H10ClN3O3. The predicted molar refractivity (Wildman–Crippen MR) is 64.0 cm³/mol. The fourth-order valence-corrected chi connectivity index (χ4v) is 1.83. The highest BCUT2D eigenvalue weighted by Crippen LogP contribution is 2.23. The Hall–Kier alpha value is -1.92. The fourth-order valence-electron chi connectivity index (χ4n) is 1.52. The Kier molecular flexibility index (Phi) is 3.59. The van der Waals surface area contributed by atoms with Crippen molar-refractivity contribution in [3.8, 4) is 5.82 Å². The zero-order chi connectivity index (χ0) is 13.1. The normalized spacial score (nSPS) is 10.6. The van der Waals surface area contributed by atoms with Crippen molar-refractivity contribution in [3.63, 3.8) is 0 Å². The van der Waals surface area contributed by atoms with Gasteiger partial charge in [-0.05, 0) is 12.1 Å². The lowest BCUT2D eigenvalue weighted by atomic mass is 10.2. The minimum atomic E-state index is -1.14. The van der Waals surface area contributed by atoms with Gasteiger partial charge >= 0.3 is 5.97 Å². The second-order valence-electron chi connectivity index (χ2n) is 3.45. The number of rotatable bonds is 4. The Morgan fingerprint density at radius 2 is 2.33 bits per heavy atom. The number of methoxy groups -OCH3 is 1. The van der Waals surface area contributed by atoms with Crippen LogP contribution in [0.4, 0.5) is 0 Å². The molecule has 18 heavy (non-hydrogen) atoms. The van der Waals surface area contributed by atoms with Crippen LogP contribution in [0.1, 0.15) is 16.1 Å². The molecule has 1 N–H and O–H groups in total. The van der Waals surface area contributed by atoms with E-state index in [-0.39, 0.29) is 23.0 Å². The second-order valence-corrected chi connectivity index (χ2v) is 3.81. The third kappa shape index (κ3) is 2.20. The average Bonchev–Trinajstić information content (AvgIpc) is 2.68. The van der Waals surface area contributed by atoms with Crippen LogP contribution in [0.5, 0.6) is 0 Å². The quantitative estimate of drug-likeness (QED) is 0.913. The molecule has 2 rings (SSSR count). The van der Waals surface area contributed by atoms with Gasteiger partial charge in [-0.3, -0.25) is 0 Å². The Bertz CT molecular complexity index is 568. The van der Waals surface area contributed by atoms with Crippen molar-refractivity contribution >= 4 is 17.6 Å². The molecule has 0 aliphatic rings. The maximum absolute atomic E-state index is 11.1. The van der Waals surface area contributed by atoms with E-state index in [0.717, 1.165) is 0 Å². The van der Waals surface area contributed by atoms with Crippen molar-refractivity contribution in [2.75, 3.05) is 7.11 Å². The zero-order valence-corrected chi connectivity index (χ0v) is 10.3. The molecule has 0 aromatic carbocycles. The maximum Gasteiger partial charge on any atom is 0.340 e. The highest BCUT2D eigenvalue weighted by molar-refractivity contribution is 6.32. The summed E-state index contributed by atoms with van der Waals surface area (Å²) >= 11 is 6.02. The smallest absolute Gasteiger partial charge is 0.340 e. The molecule has 2 aromatic rings. The first-order valence-corrected chi connectivity index (χ1v) is 5.44. The molecule has 94 valence electrons. The molecule has 0 fully saturated rings. The monoisotopic (exact) mass is 267 g/mol. The average molecular weight is 268 g/mol. The summed E-state index contributed by atoms with van der Waals surface area (Å²) in [5.41, 5.74) is 0.199. The van der Waals surface area contributed by atoms with Gasteiger partial charge in [-0.15, -0.1) is 0 Å². The molecule has 2 aromatic heterocycles. The van der Waals surface area contributed by atoms with Crippen molar-refractivity contribution in [1.29, 1.82) is 0 Å². The van der Waals surface area contributed by atoms with Crippen molar-refractivity contribution < 1.29 is 14.6 Å². The third-order valence-electron chi connectivity index (χ3n) is 2.26. The molecule has 0 spiro atoms. The second kappa shape index (κ2) is 5.16. The number of ether oxygens (including phenoxy) is 1. The molecule has 0 saturated carbocycles. The predicted octanol–water partition coefficient (Wildman–Crippen LogP) is 1.77. The lowest BCUT2D eigenvalue weighted by Crippen LogP contribution is -2.01. The van der Waals surface area contributed by atoms with Crippen LogP contribution in [0.15, 0.2) is 24.4 Å². The molecule has 0 aliphatic carbocycles. The van der Waals surface area contributed by atoms with Gasteiger partial charge in [0.05, 0.1) is 6.61 Å². The Labute approximate surface area is 108 Å². The van der Waals surface area contributed by atoms with Crippen molar-refractivity contribution in [2.24, 2.45) is 0 Å². The summed E-state index contributed by atoms with van der Waals surface area (Å²) in [6.45, 7) is 0.0706. The summed E-state index contributed by atoms with van der Waals surface area (Å²) in [5.74, 6) is -0.693. The number of carboxylic acids is 1. The Morgan fingerprint density at radius 1 is 1.56 bits per heavy atom. The summed E-state index contributed by atoms with van der Waals surface area (Å²) in [6.07, 6.45) is 1.57. The van der Waals surface area contributed by atoms with Gasteiger partial charge in [0.1, 0.15) is 16.4 Å². The van der Waals surface area contributed by atoms with Crippen LogP contribution in [-0.2, 0) is 11.3 Å². The number of halogens is 1. The van der Waals surface area contributed by atoms with E-state index >= 15 is 0 Å². The van der Waals surface area contributed by atoms with E-state index < -0.39 is 5.97 Å². The lowest BCUT2D eigenvalue weighted by molar-refractivity contribution is 0.0692. The SMILES string of the molecule is COCc1nn(-c2ccccn2)c(Cl)c1C(=O)O. The van der Waals surface area contributed by atoms with E-state index in [9.17, 15) is 4.79 Å².